The maximum Gasteiger partial charge on any atom is 0.273 e. The van der Waals surface area contributed by atoms with Gasteiger partial charge in [0.1, 0.15) is 0 Å². The van der Waals surface area contributed by atoms with E-state index in [9.17, 15) is 4.79 Å². The fourth-order valence-corrected chi connectivity index (χ4v) is 0.981. The summed E-state index contributed by atoms with van der Waals surface area (Å²) < 4.78 is 5.25. The molecule has 0 bridgehead atoms. The number of H-pyrrole nitrogens is 1. The van der Waals surface area contributed by atoms with E-state index in [0.717, 1.165) is 0 Å². The van der Waals surface area contributed by atoms with Crippen molar-refractivity contribution >= 4 is 5.91 Å². The predicted molar refractivity (Wildman–Crippen MR) is 49.8 cm³/mol. The second-order valence-electron chi connectivity index (χ2n) is 2.83. The first-order valence-corrected chi connectivity index (χ1v) is 4.49. The minimum Gasteiger partial charge on any atom is -0.377 e. The van der Waals surface area contributed by atoms with Gasteiger partial charge in [-0.15, -0.1) is 0 Å². The Bertz CT molecular complexity index is 273. The van der Waals surface area contributed by atoms with Crippen LogP contribution in [0.15, 0.2) is 6.20 Å². The molecule has 1 heterocycles. The molecular formula is C8H14N4O2. The summed E-state index contributed by atoms with van der Waals surface area (Å²) in [6.07, 6.45) is 1.39. The van der Waals surface area contributed by atoms with Crippen LogP contribution in [0.4, 0.5) is 0 Å². The summed E-state index contributed by atoms with van der Waals surface area (Å²) in [6, 6.07) is 0. The van der Waals surface area contributed by atoms with E-state index in [2.05, 4.69) is 20.7 Å². The van der Waals surface area contributed by atoms with Crippen LogP contribution in [0.2, 0.25) is 0 Å². The number of nitrogens with one attached hydrogen (secondary N) is 2. The highest BCUT2D eigenvalue weighted by Gasteiger charge is 2.09. The molecule has 14 heavy (non-hydrogen) atoms. The third-order valence-corrected chi connectivity index (χ3v) is 1.65. The summed E-state index contributed by atoms with van der Waals surface area (Å²) in [6.45, 7) is 4.92. The number of rotatable bonds is 5. The summed E-state index contributed by atoms with van der Waals surface area (Å²) >= 11 is 0. The summed E-state index contributed by atoms with van der Waals surface area (Å²) in [4.78, 5) is 11.3. The molecule has 0 aliphatic rings. The zero-order chi connectivity index (χ0) is 10.4. The SMILES string of the molecule is CCOC(C)CNC(=O)c1cn[nH]n1. The number of aromatic amines is 1. The molecule has 0 aromatic carbocycles. The minimum atomic E-state index is -0.245. The van der Waals surface area contributed by atoms with E-state index in [1.54, 1.807) is 0 Å². The van der Waals surface area contributed by atoms with Crippen molar-refractivity contribution in [1.82, 2.24) is 20.7 Å². The van der Waals surface area contributed by atoms with Crippen molar-refractivity contribution in [1.29, 1.82) is 0 Å². The molecule has 1 aromatic rings. The highest BCUT2D eigenvalue weighted by Crippen LogP contribution is 1.91. The first-order chi connectivity index (χ1) is 6.74. The lowest BCUT2D eigenvalue weighted by Gasteiger charge is -2.11. The van der Waals surface area contributed by atoms with Gasteiger partial charge in [0.05, 0.1) is 12.3 Å². The van der Waals surface area contributed by atoms with Crippen molar-refractivity contribution in [2.45, 2.75) is 20.0 Å². The van der Waals surface area contributed by atoms with Crippen molar-refractivity contribution in [3.8, 4) is 0 Å². The molecule has 1 unspecified atom stereocenters. The van der Waals surface area contributed by atoms with E-state index in [1.165, 1.54) is 6.20 Å². The number of hydrogen-bond acceptors (Lipinski definition) is 4. The van der Waals surface area contributed by atoms with Crippen molar-refractivity contribution in [3.05, 3.63) is 11.9 Å². The van der Waals surface area contributed by atoms with Crippen molar-refractivity contribution in [2.75, 3.05) is 13.2 Å². The van der Waals surface area contributed by atoms with Crippen molar-refractivity contribution < 1.29 is 9.53 Å². The van der Waals surface area contributed by atoms with E-state index in [-0.39, 0.29) is 17.7 Å². The van der Waals surface area contributed by atoms with E-state index < -0.39 is 0 Å². The first-order valence-electron chi connectivity index (χ1n) is 4.49. The Morgan fingerprint density at radius 1 is 1.79 bits per heavy atom. The van der Waals surface area contributed by atoms with Crippen LogP contribution in [0.5, 0.6) is 0 Å². The maximum atomic E-state index is 11.3. The second kappa shape index (κ2) is 5.33. The molecule has 0 aliphatic heterocycles. The van der Waals surface area contributed by atoms with Crippen LogP contribution in [0, 0.1) is 0 Å². The molecule has 0 aliphatic carbocycles. The molecule has 1 atom stereocenters. The zero-order valence-electron chi connectivity index (χ0n) is 8.28. The van der Waals surface area contributed by atoms with Crippen LogP contribution in [-0.2, 0) is 4.74 Å². The fourth-order valence-electron chi connectivity index (χ4n) is 0.981. The number of aromatic nitrogens is 3. The van der Waals surface area contributed by atoms with Crippen LogP contribution < -0.4 is 5.32 Å². The second-order valence-corrected chi connectivity index (χ2v) is 2.83. The van der Waals surface area contributed by atoms with Gasteiger partial charge in [0, 0.05) is 13.2 Å². The van der Waals surface area contributed by atoms with Gasteiger partial charge >= 0.3 is 0 Å². The number of carbonyl (C=O) groups is 1. The Morgan fingerprint density at radius 2 is 2.57 bits per heavy atom. The van der Waals surface area contributed by atoms with Crippen molar-refractivity contribution in [2.24, 2.45) is 0 Å². The molecule has 78 valence electrons. The summed E-state index contributed by atoms with van der Waals surface area (Å²) in [5.74, 6) is -0.245. The third-order valence-electron chi connectivity index (χ3n) is 1.65. The molecule has 1 aromatic heterocycles. The molecule has 0 saturated carbocycles. The standard InChI is InChI=1S/C8H14N4O2/c1-3-14-6(2)4-9-8(13)7-5-10-12-11-7/h5-6H,3-4H2,1-2H3,(H,9,13)(H,10,11,12). The number of hydrogen-bond donors (Lipinski definition) is 2. The summed E-state index contributed by atoms with van der Waals surface area (Å²) in [5.41, 5.74) is 0.286. The Morgan fingerprint density at radius 3 is 3.14 bits per heavy atom. The number of carbonyl (C=O) groups excluding carboxylic acids is 1. The normalized spacial score (nSPS) is 12.4. The van der Waals surface area contributed by atoms with Crippen LogP contribution >= 0.6 is 0 Å². The lowest BCUT2D eigenvalue weighted by atomic mass is 10.3. The lowest BCUT2D eigenvalue weighted by molar-refractivity contribution is 0.0693. The smallest absolute Gasteiger partial charge is 0.273 e. The van der Waals surface area contributed by atoms with Crippen LogP contribution in [0.3, 0.4) is 0 Å². The van der Waals surface area contributed by atoms with Gasteiger partial charge in [0.2, 0.25) is 0 Å². The highest BCUT2D eigenvalue weighted by atomic mass is 16.5. The lowest BCUT2D eigenvalue weighted by Crippen LogP contribution is -2.32. The van der Waals surface area contributed by atoms with Crippen molar-refractivity contribution in [3.63, 3.8) is 0 Å². The maximum absolute atomic E-state index is 11.3. The van der Waals surface area contributed by atoms with Crippen LogP contribution in [0.1, 0.15) is 24.3 Å². The molecule has 0 spiro atoms. The Hall–Kier alpha value is -1.43. The predicted octanol–water partition coefficient (Wildman–Crippen LogP) is -0.0405. The van der Waals surface area contributed by atoms with Gasteiger partial charge in [0.15, 0.2) is 5.69 Å². The molecule has 2 N–H and O–H groups in total. The molecule has 6 nitrogen and oxygen atoms in total. The van der Waals surface area contributed by atoms with Crippen LogP contribution in [0.25, 0.3) is 0 Å². The van der Waals surface area contributed by atoms with Gasteiger partial charge in [-0.05, 0) is 13.8 Å². The minimum absolute atomic E-state index is 0.0100. The van der Waals surface area contributed by atoms with E-state index in [1.807, 2.05) is 13.8 Å². The van der Waals surface area contributed by atoms with Gasteiger partial charge in [-0.3, -0.25) is 4.79 Å². The van der Waals surface area contributed by atoms with E-state index in [4.69, 9.17) is 4.74 Å². The number of nitrogens with zero attached hydrogens (tertiary/aromatic N) is 2. The largest absolute Gasteiger partial charge is 0.377 e. The van der Waals surface area contributed by atoms with Gasteiger partial charge in [-0.1, -0.05) is 0 Å². The van der Waals surface area contributed by atoms with E-state index >= 15 is 0 Å². The Balaban J connectivity index is 2.28. The van der Waals surface area contributed by atoms with Gasteiger partial charge in [0.25, 0.3) is 5.91 Å². The average molecular weight is 198 g/mol. The average Bonchev–Trinajstić information content (AvgIpc) is 2.67. The topological polar surface area (TPSA) is 79.9 Å². The Kier molecular flexibility index (Phi) is 4.06. The molecule has 6 heteroatoms. The first kappa shape index (κ1) is 10.6. The quantitative estimate of drug-likeness (QED) is 0.695. The van der Waals surface area contributed by atoms with Gasteiger partial charge in [-0.25, -0.2) is 0 Å². The van der Waals surface area contributed by atoms with E-state index in [0.29, 0.717) is 13.2 Å². The fraction of sp³-hybridized carbons (Fsp3) is 0.625. The third kappa shape index (κ3) is 3.14. The molecule has 1 amide bonds. The van der Waals surface area contributed by atoms with Crippen LogP contribution in [-0.4, -0.2) is 40.6 Å². The zero-order valence-corrected chi connectivity index (χ0v) is 8.28. The van der Waals surface area contributed by atoms with Gasteiger partial charge < -0.3 is 10.1 Å². The number of amides is 1. The molecule has 0 saturated heterocycles. The molecular weight excluding hydrogens is 184 g/mol. The molecule has 0 fully saturated rings. The molecule has 1 rings (SSSR count). The Labute approximate surface area is 82.0 Å². The highest BCUT2D eigenvalue weighted by molar-refractivity contribution is 5.91. The monoisotopic (exact) mass is 198 g/mol. The summed E-state index contributed by atoms with van der Waals surface area (Å²) in [5, 5.41) is 12.2. The number of ether oxygens (including phenoxy) is 1. The van der Waals surface area contributed by atoms with Gasteiger partial charge in [-0.2, -0.15) is 15.4 Å². The summed E-state index contributed by atoms with van der Waals surface area (Å²) in [7, 11) is 0. The molecule has 0 radical (unpaired) electrons.